The van der Waals surface area contributed by atoms with Gasteiger partial charge in [-0.3, -0.25) is 5.32 Å². The van der Waals surface area contributed by atoms with Crippen LogP contribution in [0.3, 0.4) is 0 Å². The van der Waals surface area contributed by atoms with E-state index in [0.29, 0.717) is 30.0 Å². The number of halogens is 3. The number of carbonyl (C=O) groups is 1. The first-order chi connectivity index (χ1) is 18.2. The Balaban J connectivity index is 1.52. The van der Waals surface area contributed by atoms with Gasteiger partial charge in [-0.05, 0) is 74.6 Å². The van der Waals surface area contributed by atoms with Crippen molar-refractivity contribution >= 4 is 28.4 Å². The zero-order valence-electron chi connectivity index (χ0n) is 21.3. The molecule has 1 atom stereocenters. The van der Waals surface area contributed by atoms with E-state index in [1.165, 1.54) is 0 Å². The van der Waals surface area contributed by atoms with Crippen LogP contribution in [0.1, 0.15) is 43.4 Å². The Bertz CT molecular complexity index is 1400. The first-order valence-corrected chi connectivity index (χ1v) is 12.7. The number of fused-ring (bicyclic) bond motifs is 1. The largest absolute Gasteiger partial charge is 0.437 e. The van der Waals surface area contributed by atoms with E-state index in [1.807, 2.05) is 12.1 Å². The molecule has 1 N–H and O–H groups in total. The first-order valence-electron chi connectivity index (χ1n) is 12.7. The molecule has 5 rings (SSSR count). The van der Waals surface area contributed by atoms with Gasteiger partial charge >= 0.3 is 12.3 Å². The van der Waals surface area contributed by atoms with Crippen LogP contribution < -0.4 is 10.2 Å². The van der Waals surface area contributed by atoms with Crippen molar-refractivity contribution in [3.8, 4) is 17.3 Å². The highest BCUT2D eigenvalue weighted by Gasteiger charge is 2.39. The molecule has 1 aliphatic heterocycles. The summed E-state index contributed by atoms with van der Waals surface area (Å²) in [5, 5.41) is 13.5. The van der Waals surface area contributed by atoms with Crippen LogP contribution in [-0.4, -0.2) is 49.2 Å². The molecule has 1 saturated carbocycles. The quantitative estimate of drug-likeness (QED) is 0.408. The number of nitrogens with zero attached hydrogens (tertiary/aromatic N) is 3. The molecule has 0 radical (unpaired) electrons. The summed E-state index contributed by atoms with van der Waals surface area (Å²) in [4.78, 5) is 14.3. The molecule has 38 heavy (non-hydrogen) atoms. The van der Waals surface area contributed by atoms with Gasteiger partial charge in [0.05, 0.1) is 30.0 Å². The first kappa shape index (κ1) is 25.9. The Labute approximate surface area is 218 Å². The fourth-order valence-corrected chi connectivity index (χ4v) is 5.06. The van der Waals surface area contributed by atoms with Crippen LogP contribution >= 0.6 is 0 Å². The van der Waals surface area contributed by atoms with Crippen LogP contribution in [0.2, 0.25) is 0 Å². The third-order valence-corrected chi connectivity index (χ3v) is 7.40. The van der Waals surface area contributed by atoms with Gasteiger partial charge in [0, 0.05) is 35.9 Å². The van der Waals surface area contributed by atoms with E-state index < -0.39 is 18.4 Å². The zero-order valence-corrected chi connectivity index (χ0v) is 21.3. The number of aromatic nitrogens is 1. The Morgan fingerprint density at radius 2 is 1.92 bits per heavy atom. The van der Waals surface area contributed by atoms with E-state index >= 15 is 0 Å². The maximum atomic E-state index is 12.8. The van der Waals surface area contributed by atoms with Crippen LogP contribution in [0.5, 0.6) is 0 Å². The molecule has 2 heterocycles. The van der Waals surface area contributed by atoms with Crippen LogP contribution in [0.25, 0.3) is 22.2 Å². The minimum absolute atomic E-state index is 0.270. The average Bonchev–Trinajstić information content (AvgIpc) is 3.17. The van der Waals surface area contributed by atoms with Crippen molar-refractivity contribution in [3.05, 3.63) is 47.5 Å². The topological polar surface area (TPSA) is 79.5 Å². The summed E-state index contributed by atoms with van der Waals surface area (Å²) in [5.41, 5.74) is 5.29. The minimum atomic E-state index is -4.64. The summed E-state index contributed by atoms with van der Waals surface area (Å²) in [6.07, 6.45) is -4.88. The van der Waals surface area contributed by atoms with Crippen LogP contribution in [0.4, 0.5) is 29.3 Å². The number of aryl methyl sites for hydroxylation is 1. The molecule has 3 aromatic rings. The molecule has 1 amide bonds. The summed E-state index contributed by atoms with van der Waals surface area (Å²) >= 11 is 0. The van der Waals surface area contributed by atoms with Crippen molar-refractivity contribution in [1.29, 1.82) is 5.26 Å². The Hall–Kier alpha value is -3.71. The lowest BCUT2D eigenvalue weighted by Gasteiger charge is -2.31. The number of rotatable bonds is 5. The number of ether oxygens (including phenoxy) is 2. The molecule has 2 aliphatic rings. The van der Waals surface area contributed by atoms with E-state index in [4.69, 9.17) is 4.74 Å². The molecule has 1 aromatic heterocycles. The van der Waals surface area contributed by atoms with Gasteiger partial charge in [-0.25, -0.2) is 4.79 Å². The van der Waals surface area contributed by atoms with E-state index in [2.05, 4.69) is 37.7 Å². The van der Waals surface area contributed by atoms with Gasteiger partial charge in [-0.15, -0.1) is 0 Å². The van der Waals surface area contributed by atoms with E-state index in [-0.39, 0.29) is 6.04 Å². The second-order valence-electron chi connectivity index (χ2n) is 9.83. The Morgan fingerprint density at radius 3 is 2.53 bits per heavy atom. The van der Waals surface area contributed by atoms with Crippen LogP contribution in [0.15, 0.2) is 36.4 Å². The maximum absolute atomic E-state index is 12.8. The monoisotopic (exact) mass is 526 g/mol. The molecule has 7 nitrogen and oxygen atoms in total. The van der Waals surface area contributed by atoms with Crippen molar-refractivity contribution in [2.24, 2.45) is 0 Å². The normalized spacial score (nSPS) is 17.1. The number of nitriles is 1. The zero-order chi connectivity index (χ0) is 27.0. The average molecular weight is 527 g/mol. The smallest absolute Gasteiger partial charge is 0.425 e. The molecule has 2 fully saturated rings. The number of hydrogen-bond donors (Lipinski definition) is 1. The summed E-state index contributed by atoms with van der Waals surface area (Å²) in [7, 11) is 0. The highest BCUT2D eigenvalue weighted by molar-refractivity contribution is 5.97. The molecule has 0 bridgehead atoms. The minimum Gasteiger partial charge on any atom is -0.437 e. The maximum Gasteiger partial charge on any atom is 0.425 e. The Morgan fingerprint density at radius 1 is 1.18 bits per heavy atom. The highest BCUT2D eigenvalue weighted by atomic mass is 19.4. The number of nitrogens with one attached hydrogen (secondary N) is 1. The second kappa shape index (κ2) is 10.2. The van der Waals surface area contributed by atoms with E-state index in [1.54, 1.807) is 19.1 Å². The van der Waals surface area contributed by atoms with Crippen molar-refractivity contribution in [2.45, 2.75) is 51.4 Å². The number of alkyl halides is 3. The van der Waals surface area contributed by atoms with Crippen LogP contribution in [0, 0.1) is 18.3 Å². The molecule has 2 aromatic carbocycles. The number of amides is 1. The molecule has 0 spiro atoms. The number of carbonyl (C=O) groups excluding carboxylic acids is 1. The summed E-state index contributed by atoms with van der Waals surface area (Å²) < 4.78 is 50.5. The summed E-state index contributed by atoms with van der Waals surface area (Å²) in [6.45, 7) is 5.52. The molecular weight excluding hydrogens is 497 g/mol. The predicted octanol–water partition coefficient (Wildman–Crippen LogP) is 6.55. The van der Waals surface area contributed by atoms with Crippen molar-refractivity contribution in [2.75, 3.05) is 36.5 Å². The standard InChI is InChI=1S/C28H29F3N4O3/c1-17-14-19(6-9-24(17)33-27(36)38-18(2)28(29,30)31)26-23(16-32)22-8-7-21(34-10-12-37-13-11-34)15-25(22)35(26)20-4-3-5-20/h6-9,14-15,18,20H,3-5,10-13H2,1-2H3,(H,33,36)/t18-/m1/s1. The molecular formula is C28H29F3N4O3. The van der Waals surface area contributed by atoms with E-state index in [0.717, 1.165) is 67.1 Å². The number of hydrogen-bond acceptors (Lipinski definition) is 5. The van der Waals surface area contributed by atoms with Gasteiger partial charge in [-0.2, -0.15) is 18.4 Å². The molecule has 200 valence electrons. The molecule has 1 saturated heterocycles. The van der Waals surface area contributed by atoms with Gasteiger partial charge < -0.3 is 18.9 Å². The lowest BCUT2D eigenvalue weighted by atomic mass is 9.92. The predicted molar refractivity (Wildman–Crippen MR) is 138 cm³/mol. The van der Waals surface area contributed by atoms with Crippen molar-refractivity contribution in [1.82, 2.24) is 4.57 Å². The lowest BCUT2D eigenvalue weighted by molar-refractivity contribution is -0.196. The fourth-order valence-electron chi connectivity index (χ4n) is 5.06. The van der Waals surface area contributed by atoms with E-state index in [9.17, 15) is 23.2 Å². The molecule has 10 heteroatoms. The third kappa shape index (κ3) is 4.90. The fraction of sp³-hybridized carbons (Fsp3) is 0.429. The Kier molecular flexibility index (Phi) is 6.97. The SMILES string of the molecule is Cc1cc(-c2c(C#N)c3ccc(N4CCOCC4)cc3n2C2CCC2)ccc1NC(=O)O[C@H](C)C(F)(F)F. The summed E-state index contributed by atoms with van der Waals surface area (Å²) in [6, 6.07) is 14.2. The van der Waals surface area contributed by atoms with Crippen molar-refractivity contribution in [3.63, 3.8) is 0 Å². The number of anilines is 2. The molecule has 0 unspecified atom stereocenters. The third-order valence-electron chi connectivity index (χ3n) is 7.40. The van der Waals surface area contributed by atoms with Gasteiger partial charge in [0.2, 0.25) is 0 Å². The van der Waals surface area contributed by atoms with Gasteiger partial charge in [0.15, 0.2) is 6.10 Å². The van der Waals surface area contributed by atoms with Crippen LogP contribution in [-0.2, 0) is 9.47 Å². The molecule has 1 aliphatic carbocycles. The van der Waals surface area contributed by atoms with Crippen molar-refractivity contribution < 1.29 is 27.4 Å². The second-order valence-corrected chi connectivity index (χ2v) is 9.83. The van der Waals surface area contributed by atoms with Gasteiger partial charge in [0.1, 0.15) is 6.07 Å². The highest BCUT2D eigenvalue weighted by Crippen LogP contribution is 2.44. The van der Waals surface area contributed by atoms with Gasteiger partial charge in [0.25, 0.3) is 0 Å². The number of morpholine rings is 1. The summed E-state index contributed by atoms with van der Waals surface area (Å²) in [5.74, 6) is 0. The lowest BCUT2D eigenvalue weighted by Crippen LogP contribution is -2.36. The number of benzene rings is 2. The van der Waals surface area contributed by atoms with Gasteiger partial charge in [-0.1, -0.05) is 6.07 Å².